The zero-order chi connectivity index (χ0) is 7.40. The predicted molar refractivity (Wildman–Crippen MR) is 43.9 cm³/mol. The van der Waals surface area contributed by atoms with Crippen molar-refractivity contribution in [2.45, 2.75) is 32.9 Å². The predicted octanol–water partition coefficient (Wildman–Crippen LogP) is 1.04. The highest BCUT2D eigenvalue weighted by Crippen LogP contribution is 2.05. The summed E-state index contributed by atoms with van der Waals surface area (Å²) in [6.07, 6.45) is 3.19. The molecular weight excluding hydrogens is 124 g/mol. The third-order valence-corrected chi connectivity index (χ3v) is 2.24. The molecule has 60 valence electrons. The van der Waals surface area contributed by atoms with Gasteiger partial charge in [0.1, 0.15) is 0 Å². The molecule has 0 bridgehead atoms. The summed E-state index contributed by atoms with van der Waals surface area (Å²) in [5, 5.41) is 3.50. The summed E-state index contributed by atoms with van der Waals surface area (Å²) < 4.78 is 0. The van der Waals surface area contributed by atoms with E-state index in [0.29, 0.717) is 6.17 Å². The highest BCUT2D eigenvalue weighted by atomic mass is 15.3. The van der Waals surface area contributed by atoms with Gasteiger partial charge in [0.05, 0.1) is 6.17 Å². The van der Waals surface area contributed by atoms with Gasteiger partial charge in [-0.05, 0) is 25.9 Å². The van der Waals surface area contributed by atoms with E-state index in [1.165, 1.54) is 32.5 Å². The summed E-state index contributed by atoms with van der Waals surface area (Å²) in [5.74, 6) is 0. The van der Waals surface area contributed by atoms with E-state index in [1.54, 1.807) is 0 Å². The molecule has 0 radical (unpaired) electrons. The Morgan fingerprint density at radius 1 is 1.50 bits per heavy atom. The van der Waals surface area contributed by atoms with Crippen LogP contribution in [0.25, 0.3) is 0 Å². The van der Waals surface area contributed by atoms with Crippen LogP contribution in [0.4, 0.5) is 0 Å². The minimum absolute atomic E-state index is 0.652. The Morgan fingerprint density at radius 2 is 2.30 bits per heavy atom. The second-order valence-corrected chi connectivity index (χ2v) is 2.86. The van der Waals surface area contributed by atoms with Crippen LogP contribution in [0.1, 0.15) is 26.7 Å². The summed E-state index contributed by atoms with van der Waals surface area (Å²) in [5.41, 5.74) is 0. The van der Waals surface area contributed by atoms with E-state index in [1.807, 2.05) is 0 Å². The maximum absolute atomic E-state index is 3.50. The fourth-order valence-electron chi connectivity index (χ4n) is 1.62. The highest BCUT2D eigenvalue weighted by Gasteiger charge is 2.17. The molecule has 0 amide bonds. The van der Waals surface area contributed by atoms with Crippen LogP contribution in [0.5, 0.6) is 0 Å². The van der Waals surface area contributed by atoms with E-state index in [9.17, 15) is 0 Å². The Kier molecular flexibility index (Phi) is 3.16. The van der Waals surface area contributed by atoms with E-state index in [-0.39, 0.29) is 0 Å². The van der Waals surface area contributed by atoms with Crippen LogP contribution in [0.15, 0.2) is 0 Å². The third-order valence-electron chi connectivity index (χ3n) is 2.24. The van der Waals surface area contributed by atoms with Crippen molar-refractivity contribution in [2.75, 3.05) is 19.6 Å². The van der Waals surface area contributed by atoms with Gasteiger partial charge in [-0.1, -0.05) is 13.8 Å². The lowest BCUT2D eigenvalue weighted by Crippen LogP contribution is -2.50. The molecule has 1 atom stereocenters. The fourth-order valence-corrected chi connectivity index (χ4v) is 1.62. The van der Waals surface area contributed by atoms with E-state index < -0.39 is 0 Å². The Bertz CT molecular complexity index is 81.3. The van der Waals surface area contributed by atoms with Gasteiger partial charge in [-0.15, -0.1) is 0 Å². The van der Waals surface area contributed by atoms with Crippen LogP contribution in [0, 0.1) is 0 Å². The monoisotopic (exact) mass is 142 g/mol. The van der Waals surface area contributed by atoms with Gasteiger partial charge in [-0.25, -0.2) is 0 Å². The highest BCUT2D eigenvalue weighted by molar-refractivity contribution is 4.72. The van der Waals surface area contributed by atoms with Gasteiger partial charge in [-0.2, -0.15) is 0 Å². The molecule has 1 unspecified atom stereocenters. The third kappa shape index (κ3) is 1.70. The first-order valence-corrected chi connectivity index (χ1v) is 4.36. The van der Waals surface area contributed by atoms with E-state index >= 15 is 0 Å². The first-order chi connectivity index (χ1) is 4.88. The average molecular weight is 142 g/mol. The molecule has 1 rings (SSSR count). The van der Waals surface area contributed by atoms with Gasteiger partial charge in [0.2, 0.25) is 0 Å². The second-order valence-electron chi connectivity index (χ2n) is 2.86. The molecule has 2 heteroatoms. The van der Waals surface area contributed by atoms with Crippen LogP contribution in [-0.4, -0.2) is 30.7 Å². The molecule has 0 aromatic heterocycles. The van der Waals surface area contributed by atoms with Gasteiger partial charge >= 0.3 is 0 Å². The summed E-state index contributed by atoms with van der Waals surface area (Å²) in [4.78, 5) is 2.50. The molecule has 0 aliphatic carbocycles. The molecule has 1 fully saturated rings. The maximum atomic E-state index is 3.50. The van der Waals surface area contributed by atoms with Gasteiger partial charge in [0.15, 0.2) is 0 Å². The average Bonchev–Trinajstić information content (AvgIpc) is 2.04. The number of nitrogens with one attached hydrogen (secondary N) is 1. The van der Waals surface area contributed by atoms with E-state index in [0.717, 1.165) is 0 Å². The number of rotatable bonds is 2. The van der Waals surface area contributed by atoms with Crippen LogP contribution >= 0.6 is 0 Å². The molecule has 1 N–H and O–H groups in total. The summed E-state index contributed by atoms with van der Waals surface area (Å²) in [7, 11) is 0. The van der Waals surface area contributed by atoms with Crippen LogP contribution < -0.4 is 5.32 Å². The SMILES string of the molecule is CCC1NCCCN1CC. The van der Waals surface area contributed by atoms with Gasteiger partial charge in [0, 0.05) is 6.54 Å². The molecule has 1 saturated heterocycles. The fraction of sp³-hybridized carbons (Fsp3) is 1.00. The number of nitrogens with zero attached hydrogens (tertiary/aromatic N) is 1. The lowest BCUT2D eigenvalue weighted by atomic mass is 10.2. The summed E-state index contributed by atoms with van der Waals surface area (Å²) >= 11 is 0. The molecular formula is C8H18N2. The lowest BCUT2D eigenvalue weighted by Gasteiger charge is -2.35. The molecule has 0 spiro atoms. The molecule has 2 nitrogen and oxygen atoms in total. The van der Waals surface area contributed by atoms with Crippen LogP contribution in [0.2, 0.25) is 0 Å². The topological polar surface area (TPSA) is 15.3 Å². The van der Waals surface area contributed by atoms with Crippen molar-refractivity contribution < 1.29 is 0 Å². The van der Waals surface area contributed by atoms with Gasteiger partial charge < -0.3 is 5.32 Å². The molecule has 1 aliphatic heterocycles. The molecule has 1 heterocycles. The van der Waals surface area contributed by atoms with Crippen molar-refractivity contribution in [3.8, 4) is 0 Å². The van der Waals surface area contributed by atoms with Gasteiger partial charge in [-0.3, -0.25) is 4.90 Å². The van der Waals surface area contributed by atoms with E-state index in [2.05, 4.69) is 24.1 Å². The van der Waals surface area contributed by atoms with Crippen molar-refractivity contribution in [1.29, 1.82) is 0 Å². The Balaban J connectivity index is 2.34. The standard InChI is InChI=1S/C8H18N2/c1-3-8-9-6-5-7-10(8)4-2/h8-9H,3-7H2,1-2H3. The first kappa shape index (κ1) is 8.02. The first-order valence-electron chi connectivity index (χ1n) is 4.36. The van der Waals surface area contributed by atoms with E-state index in [4.69, 9.17) is 0 Å². The molecule has 0 aromatic rings. The zero-order valence-corrected chi connectivity index (χ0v) is 7.06. The van der Waals surface area contributed by atoms with Crippen molar-refractivity contribution in [2.24, 2.45) is 0 Å². The number of hydrogen-bond donors (Lipinski definition) is 1. The van der Waals surface area contributed by atoms with Crippen molar-refractivity contribution in [3.63, 3.8) is 0 Å². The minimum atomic E-state index is 0.652. The smallest absolute Gasteiger partial charge is 0.0594 e. The normalized spacial score (nSPS) is 28.8. The zero-order valence-electron chi connectivity index (χ0n) is 7.06. The van der Waals surface area contributed by atoms with Crippen LogP contribution in [0.3, 0.4) is 0 Å². The van der Waals surface area contributed by atoms with Crippen molar-refractivity contribution in [3.05, 3.63) is 0 Å². The minimum Gasteiger partial charge on any atom is -0.302 e. The molecule has 1 aliphatic rings. The van der Waals surface area contributed by atoms with Crippen molar-refractivity contribution >= 4 is 0 Å². The Hall–Kier alpha value is -0.0800. The molecule has 0 saturated carbocycles. The molecule has 0 aromatic carbocycles. The summed E-state index contributed by atoms with van der Waals surface area (Å²) in [6, 6.07) is 0. The Morgan fingerprint density at radius 3 is 2.80 bits per heavy atom. The lowest BCUT2D eigenvalue weighted by molar-refractivity contribution is 0.134. The second kappa shape index (κ2) is 3.94. The van der Waals surface area contributed by atoms with Crippen LogP contribution in [-0.2, 0) is 0 Å². The quantitative estimate of drug-likeness (QED) is 0.619. The Labute approximate surface area is 63.6 Å². The maximum Gasteiger partial charge on any atom is 0.0594 e. The van der Waals surface area contributed by atoms with Gasteiger partial charge in [0.25, 0.3) is 0 Å². The largest absolute Gasteiger partial charge is 0.302 e. The molecule has 10 heavy (non-hydrogen) atoms. The summed E-state index contributed by atoms with van der Waals surface area (Å²) in [6.45, 7) is 8.14. The number of hydrogen-bond acceptors (Lipinski definition) is 2. The van der Waals surface area contributed by atoms with Crippen molar-refractivity contribution in [1.82, 2.24) is 10.2 Å².